The van der Waals surface area contributed by atoms with Gasteiger partial charge in [-0.3, -0.25) is 0 Å². The van der Waals surface area contributed by atoms with Crippen molar-refractivity contribution in [2.75, 3.05) is 44.3 Å². The van der Waals surface area contributed by atoms with E-state index < -0.39 is 5.79 Å². The molecule has 2 N–H and O–H groups in total. The van der Waals surface area contributed by atoms with E-state index in [1.807, 2.05) is 35.9 Å². The van der Waals surface area contributed by atoms with E-state index in [9.17, 15) is 0 Å². The first kappa shape index (κ1) is 25.7. The highest BCUT2D eigenvalue weighted by Gasteiger charge is 2.45. The highest BCUT2D eigenvalue weighted by atomic mass is 35.5. The topological polar surface area (TPSA) is 90.4 Å². The molecule has 2 aliphatic rings. The zero-order valence-electron chi connectivity index (χ0n) is 20.6. The van der Waals surface area contributed by atoms with Gasteiger partial charge in [0.15, 0.2) is 0 Å². The third-order valence-corrected chi connectivity index (χ3v) is 7.26. The van der Waals surface area contributed by atoms with Crippen molar-refractivity contribution in [1.82, 2.24) is 14.5 Å². The molecule has 3 heterocycles. The summed E-state index contributed by atoms with van der Waals surface area (Å²) in [7, 11) is 0. The van der Waals surface area contributed by atoms with Crippen molar-refractivity contribution in [3.63, 3.8) is 0 Å². The molecule has 37 heavy (non-hydrogen) atoms. The number of hydrazone groups is 1. The molecule has 0 spiro atoms. The Morgan fingerprint density at radius 1 is 1.16 bits per heavy atom. The summed E-state index contributed by atoms with van der Waals surface area (Å²) in [5.74, 6) is 5.98. The Hall–Kier alpha value is -2.98. The first-order chi connectivity index (χ1) is 18.0. The monoisotopic (exact) mass is 544 g/mol. The molecule has 2 saturated heterocycles. The Kier molecular flexibility index (Phi) is 7.76. The largest absolute Gasteiger partial charge is 0.491 e. The smallest absolute Gasteiger partial charge is 0.215 e. The maximum Gasteiger partial charge on any atom is 0.215 e. The Morgan fingerprint density at radius 2 is 1.95 bits per heavy atom. The maximum absolute atomic E-state index is 6.55. The van der Waals surface area contributed by atoms with Crippen LogP contribution in [0.5, 0.6) is 5.75 Å². The molecule has 2 aromatic carbocycles. The molecule has 2 aliphatic heterocycles. The summed E-state index contributed by atoms with van der Waals surface area (Å²) in [5.41, 5.74) is 1.87. The summed E-state index contributed by atoms with van der Waals surface area (Å²) in [6.45, 7) is 6.63. The molecule has 0 saturated carbocycles. The highest BCUT2D eigenvalue weighted by Crippen LogP contribution is 2.40. The molecule has 0 bridgehead atoms. The Labute approximate surface area is 226 Å². The van der Waals surface area contributed by atoms with Crippen molar-refractivity contribution >= 4 is 34.7 Å². The van der Waals surface area contributed by atoms with Crippen LogP contribution >= 0.6 is 23.2 Å². The van der Waals surface area contributed by atoms with Gasteiger partial charge < -0.3 is 34.4 Å². The third-order valence-electron chi connectivity index (χ3n) is 6.71. The fraction of sp³-hybridized carbons (Fsp3) is 0.385. The Morgan fingerprint density at radius 3 is 2.62 bits per heavy atom. The summed E-state index contributed by atoms with van der Waals surface area (Å²) < 4.78 is 20.7. The van der Waals surface area contributed by atoms with Crippen LogP contribution in [-0.2, 0) is 21.8 Å². The number of hydrogen-bond acceptors (Lipinski definition) is 7. The van der Waals surface area contributed by atoms with Crippen molar-refractivity contribution in [2.45, 2.75) is 25.4 Å². The van der Waals surface area contributed by atoms with Gasteiger partial charge in [0.1, 0.15) is 24.3 Å². The van der Waals surface area contributed by atoms with Crippen LogP contribution in [0.4, 0.5) is 5.69 Å². The molecular weight excluding hydrogens is 515 g/mol. The minimum atomic E-state index is -1.07. The van der Waals surface area contributed by atoms with Gasteiger partial charge in [-0.05, 0) is 43.3 Å². The molecule has 2 atom stereocenters. The van der Waals surface area contributed by atoms with Gasteiger partial charge in [0.2, 0.25) is 5.79 Å². The number of hydrogen-bond donors (Lipinski definition) is 1. The van der Waals surface area contributed by atoms with E-state index in [0.29, 0.717) is 35.4 Å². The zero-order valence-corrected chi connectivity index (χ0v) is 22.1. The minimum absolute atomic E-state index is 0.282. The third kappa shape index (κ3) is 5.80. The molecule has 9 nitrogen and oxygen atoms in total. The molecule has 196 valence electrons. The number of nitrogens with two attached hydrogens (primary N) is 1. The lowest BCUT2D eigenvalue weighted by molar-refractivity contribution is -0.189. The number of aromatic nitrogens is 2. The van der Waals surface area contributed by atoms with Crippen molar-refractivity contribution in [3.05, 3.63) is 76.8 Å². The molecule has 0 amide bonds. The SMILES string of the molecule is C/C(=N\N)N1CCN(c2ccc(OC[C@H]3CO[C@](Cn4ccnc4)(c4ccc(Cl)cc4Cl)O3)cc2)CC1. The van der Waals surface area contributed by atoms with Crippen molar-refractivity contribution in [2.24, 2.45) is 10.9 Å². The van der Waals surface area contributed by atoms with Gasteiger partial charge in [0.25, 0.3) is 0 Å². The summed E-state index contributed by atoms with van der Waals surface area (Å²) in [6.07, 6.45) is 5.01. The van der Waals surface area contributed by atoms with E-state index in [2.05, 4.69) is 32.0 Å². The number of nitrogens with zero attached hydrogens (tertiary/aromatic N) is 5. The maximum atomic E-state index is 6.55. The normalized spacial score (nSPS) is 22.5. The molecule has 11 heteroatoms. The van der Waals surface area contributed by atoms with Crippen LogP contribution in [0.3, 0.4) is 0 Å². The van der Waals surface area contributed by atoms with Crippen LogP contribution in [0, 0.1) is 0 Å². The molecule has 3 aromatic rings. The van der Waals surface area contributed by atoms with Crippen LogP contribution in [0.2, 0.25) is 10.0 Å². The minimum Gasteiger partial charge on any atom is -0.491 e. The predicted octanol–water partition coefficient (Wildman–Crippen LogP) is 3.95. The number of imidazole rings is 1. The molecule has 0 unspecified atom stereocenters. The van der Waals surface area contributed by atoms with E-state index in [4.69, 9.17) is 43.3 Å². The number of ether oxygens (including phenoxy) is 3. The fourth-order valence-corrected chi connectivity index (χ4v) is 5.24. The molecule has 2 fully saturated rings. The van der Waals surface area contributed by atoms with Gasteiger partial charge >= 0.3 is 0 Å². The summed E-state index contributed by atoms with van der Waals surface area (Å²) >= 11 is 12.7. The molecular formula is C26H30Cl2N6O3. The van der Waals surface area contributed by atoms with Gasteiger partial charge in [-0.15, -0.1) is 0 Å². The Bertz CT molecular complexity index is 1220. The van der Waals surface area contributed by atoms with E-state index in [0.717, 1.165) is 43.5 Å². The lowest BCUT2D eigenvalue weighted by Gasteiger charge is -2.36. The zero-order chi connectivity index (χ0) is 25.8. The van der Waals surface area contributed by atoms with E-state index >= 15 is 0 Å². The van der Waals surface area contributed by atoms with Crippen molar-refractivity contribution < 1.29 is 14.2 Å². The number of benzene rings is 2. The van der Waals surface area contributed by atoms with Crippen LogP contribution in [0.15, 0.2) is 66.3 Å². The second kappa shape index (κ2) is 11.2. The van der Waals surface area contributed by atoms with Crippen molar-refractivity contribution in [1.29, 1.82) is 0 Å². The van der Waals surface area contributed by atoms with Crippen LogP contribution in [-0.4, -0.2) is 65.8 Å². The summed E-state index contributed by atoms with van der Waals surface area (Å²) in [5, 5.41) is 4.83. The van der Waals surface area contributed by atoms with Gasteiger partial charge in [0.05, 0.1) is 24.5 Å². The number of rotatable bonds is 7. The number of amidine groups is 1. The van der Waals surface area contributed by atoms with Gasteiger partial charge in [-0.2, -0.15) is 5.10 Å². The predicted molar refractivity (Wildman–Crippen MR) is 144 cm³/mol. The first-order valence-electron chi connectivity index (χ1n) is 12.2. The molecule has 0 aliphatic carbocycles. The second-order valence-electron chi connectivity index (χ2n) is 9.12. The molecule has 5 rings (SSSR count). The first-order valence-corrected chi connectivity index (χ1v) is 12.9. The van der Waals surface area contributed by atoms with Gasteiger partial charge in [-0.25, -0.2) is 4.98 Å². The van der Waals surface area contributed by atoms with E-state index in [1.54, 1.807) is 24.7 Å². The van der Waals surface area contributed by atoms with Crippen LogP contribution < -0.4 is 15.5 Å². The van der Waals surface area contributed by atoms with Gasteiger partial charge in [-0.1, -0.05) is 29.3 Å². The molecule has 1 aromatic heterocycles. The van der Waals surface area contributed by atoms with Crippen LogP contribution in [0.1, 0.15) is 12.5 Å². The average Bonchev–Trinajstić information content (AvgIpc) is 3.58. The number of halogens is 2. The quantitative estimate of drug-likeness (QED) is 0.208. The van der Waals surface area contributed by atoms with Crippen molar-refractivity contribution in [3.8, 4) is 5.75 Å². The second-order valence-corrected chi connectivity index (χ2v) is 9.96. The highest BCUT2D eigenvalue weighted by molar-refractivity contribution is 6.35. The van der Waals surface area contributed by atoms with Crippen LogP contribution in [0.25, 0.3) is 0 Å². The van der Waals surface area contributed by atoms with E-state index in [1.165, 1.54) is 0 Å². The average molecular weight is 545 g/mol. The standard InChI is InChI=1S/C26H30Cl2N6O3/c1-19(31-29)33-10-12-34(13-11-33)21-3-5-22(6-4-21)35-15-23-16-36-26(37-23,17-32-9-8-30-18-32)24-7-2-20(27)14-25(24)28/h2-9,14,18,23H,10-13,15-17,29H2,1H3/b31-19+/t23-,26-/m0/s1. The lowest BCUT2D eigenvalue weighted by Crippen LogP contribution is -2.48. The fourth-order valence-electron chi connectivity index (χ4n) is 4.69. The summed E-state index contributed by atoms with van der Waals surface area (Å²) in [6, 6.07) is 13.4. The van der Waals surface area contributed by atoms with E-state index in [-0.39, 0.29) is 6.10 Å². The molecule has 0 radical (unpaired) electrons. The number of piperazine rings is 1. The Balaban J connectivity index is 1.21. The summed E-state index contributed by atoms with van der Waals surface area (Å²) in [4.78, 5) is 8.68. The van der Waals surface area contributed by atoms with Gasteiger partial charge in [0, 0.05) is 54.8 Å². The number of anilines is 1. The lowest BCUT2D eigenvalue weighted by atomic mass is 10.1.